The van der Waals surface area contributed by atoms with Crippen molar-refractivity contribution in [2.75, 3.05) is 0 Å². The van der Waals surface area contributed by atoms with E-state index in [0.29, 0.717) is 5.92 Å². The number of carbonyl (C=O) groups is 1. The number of hydrogen-bond donors (Lipinski definition) is 1. The lowest BCUT2D eigenvalue weighted by molar-refractivity contribution is 0.0956. The third-order valence-corrected chi connectivity index (χ3v) is 3.07. The van der Waals surface area contributed by atoms with Gasteiger partial charge in [0.1, 0.15) is 0 Å². The number of ketones is 1. The Balaban J connectivity index is 2.69. The Morgan fingerprint density at radius 2 is 1.82 bits per heavy atom. The Bertz CT molecular complexity index is 354. The predicted molar refractivity (Wildman–Crippen MR) is 72.4 cm³/mol. The molecule has 2 heteroatoms. The van der Waals surface area contributed by atoms with E-state index in [4.69, 9.17) is 5.73 Å². The zero-order valence-corrected chi connectivity index (χ0v) is 11.1. The van der Waals surface area contributed by atoms with Gasteiger partial charge in [0.2, 0.25) is 0 Å². The van der Waals surface area contributed by atoms with Crippen LogP contribution in [-0.2, 0) is 0 Å². The van der Waals surface area contributed by atoms with Crippen molar-refractivity contribution in [3.8, 4) is 0 Å². The van der Waals surface area contributed by atoms with Gasteiger partial charge in [-0.25, -0.2) is 0 Å². The second-order valence-corrected chi connectivity index (χ2v) is 4.89. The van der Waals surface area contributed by atoms with Crippen molar-refractivity contribution in [3.63, 3.8) is 0 Å². The molecule has 1 aromatic carbocycles. The van der Waals surface area contributed by atoms with Crippen molar-refractivity contribution in [2.45, 2.75) is 52.0 Å². The minimum atomic E-state index is -0.347. The predicted octanol–water partition coefficient (Wildman–Crippen LogP) is 3.51. The summed E-state index contributed by atoms with van der Waals surface area (Å²) in [5.74, 6) is 0.557. The van der Waals surface area contributed by atoms with Gasteiger partial charge in [-0.2, -0.15) is 0 Å². The third kappa shape index (κ3) is 3.97. The number of carbonyl (C=O) groups excluding carboxylic acids is 1. The van der Waals surface area contributed by atoms with Gasteiger partial charge in [-0.05, 0) is 17.9 Å². The van der Waals surface area contributed by atoms with Crippen LogP contribution in [0.25, 0.3) is 0 Å². The lowest BCUT2D eigenvalue weighted by atomic mass is 9.97. The van der Waals surface area contributed by atoms with Crippen LogP contribution in [0.1, 0.15) is 61.9 Å². The monoisotopic (exact) mass is 233 g/mol. The fourth-order valence-electron chi connectivity index (χ4n) is 1.80. The van der Waals surface area contributed by atoms with E-state index < -0.39 is 0 Å². The highest BCUT2D eigenvalue weighted by Gasteiger charge is 2.14. The summed E-state index contributed by atoms with van der Waals surface area (Å²) >= 11 is 0. The average Bonchev–Trinajstić information content (AvgIpc) is 2.35. The van der Waals surface area contributed by atoms with E-state index >= 15 is 0 Å². The van der Waals surface area contributed by atoms with Gasteiger partial charge >= 0.3 is 0 Å². The molecule has 1 aromatic rings. The average molecular weight is 233 g/mol. The van der Waals surface area contributed by atoms with Crippen molar-refractivity contribution >= 4 is 5.78 Å². The van der Waals surface area contributed by atoms with E-state index in [2.05, 4.69) is 20.8 Å². The maximum atomic E-state index is 12.0. The highest BCUT2D eigenvalue weighted by atomic mass is 16.1. The van der Waals surface area contributed by atoms with Gasteiger partial charge in [0.25, 0.3) is 0 Å². The Labute approximate surface area is 104 Å². The lowest BCUT2D eigenvalue weighted by Crippen LogP contribution is -2.30. The Morgan fingerprint density at radius 3 is 2.29 bits per heavy atom. The van der Waals surface area contributed by atoms with Crippen molar-refractivity contribution in [1.82, 2.24) is 0 Å². The first-order chi connectivity index (χ1) is 8.06. The summed E-state index contributed by atoms with van der Waals surface area (Å²) in [6.07, 6.45) is 2.87. The minimum Gasteiger partial charge on any atom is -0.321 e. The van der Waals surface area contributed by atoms with Crippen LogP contribution in [0.3, 0.4) is 0 Å². The van der Waals surface area contributed by atoms with E-state index in [1.165, 1.54) is 5.56 Å². The van der Waals surface area contributed by atoms with Crippen molar-refractivity contribution < 1.29 is 4.79 Å². The van der Waals surface area contributed by atoms with Gasteiger partial charge < -0.3 is 5.73 Å². The number of Topliss-reactive ketones (excluding diaryl/α,β-unsaturated/α-hetero) is 1. The summed E-state index contributed by atoms with van der Waals surface area (Å²) in [4.78, 5) is 12.0. The maximum Gasteiger partial charge on any atom is 0.179 e. The molecule has 0 saturated heterocycles. The van der Waals surface area contributed by atoms with Crippen LogP contribution in [0.4, 0.5) is 0 Å². The molecule has 0 aliphatic rings. The van der Waals surface area contributed by atoms with Crippen LogP contribution in [0, 0.1) is 0 Å². The number of hydrogen-bond acceptors (Lipinski definition) is 2. The zero-order chi connectivity index (χ0) is 12.8. The highest BCUT2D eigenvalue weighted by molar-refractivity contribution is 5.99. The molecule has 2 nitrogen and oxygen atoms in total. The summed E-state index contributed by atoms with van der Waals surface area (Å²) in [7, 11) is 0. The highest BCUT2D eigenvalue weighted by Crippen LogP contribution is 2.16. The molecule has 1 atom stereocenters. The van der Waals surface area contributed by atoms with Crippen molar-refractivity contribution in [1.29, 1.82) is 0 Å². The van der Waals surface area contributed by atoms with Gasteiger partial charge in [0.05, 0.1) is 6.04 Å². The molecule has 0 bridgehead atoms. The van der Waals surface area contributed by atoms with Gasteiger partial charge in [0, 0.05) is 5.56 Å². The summed E-state index contributed by atoms with van der Waals surface area (Å²) in [5, 5.41) is 0. The maximum absolute atomic E-state index is 12.0. The number of nitrogens with two attached hydrogens (primary N) is 1. The molecule has 2 N–H and O–H groups in total. The molecule has 0 fully saturated rings. The lowest BCUT2D eigenvalue weighted by Gasteiger charge is -2.11. The second kappa shape index (κ2) is 6.55. The quantitative estimate of drug-likeness (QED) is 0.764. The molecule has 0 saturated carbocycles. The Morgan fingerprint density at radius 1 is 1.24 bits per heavy atom. The Hall–Kier alpha value is -1.15. The molecule has 0 aromatic heterocycles. The van der Waals surface area contributed by atoms with Crippen LogP contribution in [0.15, 0.2) is 24.3 Å². The first-order valence-electron chi connectivity index (χ1n) is 6.46. The van der Waals surface area contributed by atoms with E-state index in [1.54, 1.807) is 0 Å². The first-order valence-corrected chi connectivity index (χ1v) is 6.46. The molecule has 1 unspecified atom stereocenters. The van der Waals surface area contributed by atoms with Gasteiger partial charge in [-0.15, -0.1) is 0 Å². The van der Waals surface area contributed by atoms with Gasteiger partial charge in [0.15, 0.2) is 5.78 Å². The molecule has 0 heterocycles. The SMILES string of the molecule is CCCCC(N)C(=O)c1ccc(C(C)C)cc1. The normalized spacial score (nSPS) is 12.8. The summed E-state index contributed by atoms with van der Waals surface area (Å²) in [5.41, 5.74) is 7.87. The molecule has 94 valence electrons. The molecule has 17 heavy (non-hydrogen) atoms. The molecule has 0 aliphatic heterocycles. The summed E-state index contributed by atoms with van der Waals surface area (Å²) in [6.45, 7) is 6.39. The molecule has 0 spiro atoms. The summed E-state index contributed by atoms with van der Waals surface area (Å²) < 4.78 is 0. The van der Waals surface area contributed by atoms with Gasteiger partial charge in [-0.3, -0.25) is 4.79 Å². The Kier molecular flexibility index (Phi) is 5.36. The fourth-order valence-corrected chi connectivity index (χ4v) is 1.80. The molecule has 0 aliphatic carbocycles. The molecular formula is C15H23NO. The molecule has 0 amide bonds. The number of benzene rings is 1. The third-order valence-electron chi connectivity index (χ3n) is 3.07. The molecule has 0 radical (unpaired) electrons. The minimum absolute atomic E-state index is 0.0637. The van der Waals surface area contributed by atoms with Crippen molar-refractivity contribution in [2.24, 2.45) is 5.73 Å². The van der Waals surface area contributed by atoms with E-state index in [0.717, 1.165) is 24.8 Å². The largest absolute Gasteiger partial charge is 0.321 e. The molecular weight excluding hydrogens is 210 g/mol. The van der Waals surface area contributed by atoms with E-state index in [-0.39, 0.29) is 11.8 Å². The van der Waals surface area contributed by atoms with Crippen LogP contribution in [-0.4, -0.2) is 11.8 Å². The van der Waals surface area contributed by atoms with Crippen LogP contribution in [0.2, 0.25) is 0 Å². The second-order valence-electron chi connectivity index (χ2n) is 4.89. The first kappa shape index (κ1) is 13.9. The van der Waals surface area contributed by atoms with Crippen LogP contribution in [0.5, 0.6) is 0 Å². The van der Waals surface area contributed by atoms with Crippen LogP contribution < -0.4 is 5.73 Å². The van der Waals surface area contributed by atoms with Crippen LogP contribution >= 0.6 is 0 Å². The number of unbranched alkanes of at least 4 members (excludes halogenated alkanes) is 1. The smallest absolute Gasteiger partial charge is 0.179 e. The summed E-state index contributed by atoms with van der Waals surface area (Å²) in [6, 6.07) is 7.47. The topological polar surface area (TPSA) is 43.1 Å². The zero-order valence-electron chi connectivity index (χ0n) is 11.1. The van der Waals surface area contributed by atoms with E-state index in [9.17, 15) is 4.79 Å². The van der Waals surface area contributed by atoms with Gasteiger partial charge in [-0.1, -0.05) is 57.9 Å². The molecule has 1 rings (SSSR count). The fraction of sp³-hybridized carbons (Fsp3) is 0.533. The standard InChI is InChI=1S/C15H23NO/c1-4-5-6-14(16)15(17)13-9-7-12(8-10-13)11(2)3/h7-11,14H,4-6,16H2,1-3H3. The van der Waals surface area contributed by atoms with Crippen molar-refractivity contribution in [3.05, 3.63) is 35.4 Å². The number of rotatable bonds is 6. The van der Waals surface area contributed by atoms with E-state index in [1.807, 2.05) is 24.3 Å².